The van der Waals surface area contributed by atoms with Gasteiger partial charge in [0.2, 0.25) is 29.5 Å². The number of carbonyl (C=O) groups excluding carboxylic acids is 5. The number of aromatic amines is 2. The number of benzene rings is 4. The van der Waals surface area contributed by atoms with Crippen molar-refractivity contribution in [2.45, 2.75) is 87.8 Å². The van der Waals surface area contributed by atoms with Crippen molar-refractivity contribution in [1.82, 2.24) is 36.1 Å². The van der Waals surface area contributed by atoms with Gasteiger partial charge in [-0.3, -0.25) is 24.0 Å². The molecule has 4 aromatic carbocycles. The van der Waals surface area contributed by atoms with Crippen LogP contribution in [-0.4, -0.2) is 109 Å². The van der Waals surface area contributed by atoms with Crippen LogP contribution in [0.5, 0.6) is 0 Å². The van der Waals surface area contributed by atoms with Crippen molar-refractivity contribution in [3.05, 3.63) is 144 Å². The number of fused-ring (bicyclic) bond motifs is 2. The molecule has 0 radical (unpaired) electrons. The fraction of sp³-hybridized carbons (Fsp3) is 0.306. The number of hydrogen-bond donors (Lipinski definition) is 9. The summed E-state index contributed by atoms with van der Waals surface area (Å²) in [5.41, 5.74) is 10.9. The summed E-state index contributed by atoms with van der Waals surface area (Å²) in [6.45, 7) is 1.51. The molecule has 0 unspecified atom stereocenters. The lowest BCUT2D eigenvalue weighted by Crippen LogP contribution is -2.61. The van der Waals surface area contributed by atoms with Crippen LogP contribution in [0.2, 0.25) is 0 Å². The van der Waals surface area contributed by atoms with Crippen molar-refractivity contribution in [2.24, 2.45) is 5.73 Å². The van der Waals surface area contributed by atoms with Gasteiger partial charge in [-0.2, -0.15) is 0 Å². The van der Waals surface area contributed by atoms with Gasteiger partial charge in [-0.25, -0.2) is 4.79 Å². The predicted octanol–water partition coefficient (Wildman–Crippen LogP) is 2.64. The Morgan fingerprint density at radius 3 is 1.74 bits per heavy atom. The maximum absolute atomic E-state index is 14.8. The number of hydrogen-bond acceptors (Lipinski definition) is 8. The second kappa shape index (κ2) is 20.9. The van der Waals surface area contributed by atoms with Crippen LogP contribution in [0.15, 0.2) is 122 Å². The number of amides is 5. The zero-order valence-electron chi connectivity index (χ0n) is 35.9. The Bertz CT molecular complexity index is 2630. The fourth-order valence-corrected chi connectivity index (χ4v) is 8.43. The number of nitrogens with two attached hydrogens (primary N) is 1. The topological polar surface area (TPSA) is 252 Å². The molecule has 0 spiro atoms. The Labute approximate surface area is 375 Å². The van der Waals surface area contributed by atoms with Gasteiger partial charge < -0.3 is 52.1 Å². The standard InChI is InChI=1S/C49H54N8O8/c1-29(58)43(56-44(59)36(50)25-32-27-51-37-19-10-8-17-34(32)37)47(62)53-39(23-30-13-4-2-5-14-30)45(60)54-40(26-33-28-52-38-20-11-9-18-35(33)38)48(63)57-22-12-21-42(57)46(61)55-41(49(64)65)24-31-15-6-3-7-16-31/h2-11,13-20,27-29,36,39-43,51-52,58H,12,21-26,50H2,1H3,(H,53,62)(H,54,60)(H,55,61)(H,56,59)(H,64,65)/t29-,36+,39+,40+,41+,42+,43+/m1/s1. The number of nitrogens with one attached hydrogen (secondary N) is 6. The van der Waals surface area contributed by atoms with Crippen molar-refractivity contribution in [1.29, 1.82) is 0 Å². The highest BCUT2D eigenvalue weighted by Gasteiger charge is 2.40. The minimum Gasteiger partial charge on any atom is -0.480 e. The molecule has 1 aliphatic rings. The number of likely N-dealkylation sites (tertiary alicyclic amines) is 1. The number of H-pyrrole nitrogens is 2. The SMILES string of the molecule is C[C@@H](O)[C@H](NC(=O)[C@@H](N)Cc1c[nH]c2ccccc12)C(=O)N[C@@H](Cc1ccccc1)C(=O)N[C@@H](Cc1c[nH]c2ccccc12)C(=O)N1CCC[C@H]1C(=O)N[C@@H](Cc1ccccc1)C(=O)O. The summed E-state index contributed by atoms with van der Waals surface area (Å²) in [4.78, 5) is 90.7. The maximum atomic E-state index is 14.8. The molecule has 6 aromatic rings. The molecular formula is C49H54N8O8. The van der Waals surface area contributed by atoms with E-state index in [0.29, 0.717) is 23.1 Å². The van der Waals surface area contributed by atoms with E-state index in [0.717, 1.165) is 27.4 Å². The van der Waals surface area contributed by atoms with Gasteiger partial charge in [-0.15, -0.1) is 0 Å². The average molecular weight is 883 g/mol. The molecule has 7 rings (SSSR count). The number of aliphatic hydroxyl groups is 1. The maximum Gasteiger partial charge on any atom is 0.326 e. The van der Waals surface area contributed by atoms with Crippen LogP contribution < -0.4 is 27.0 Å². The van der Waals surface area contributed by atoms with Crippen molar-refractivity contribution in [3.8, 4) is 0 Å². The van der Waals surface area contributed by atoms with Crippen molar-refractivity contribution < 1.29 is 39.0 Å². The Hall–Kier alpha value is -7.30. The number of aromatic nitrogens is 2. The van der Waals surface area contributed by atoms with E-state index in [2.05, 4.69) is 31.2 Å². The molecule has 0 aliphatic carbocycles. The molecule has 2 aromatic heterocycles. The van der Waals surface area contributed by atoms with E-state index in [1.165, 1.54) is 11.8 Å². The quantitative estimate of drug-likeness (QED) is 0.0579. The lowest BCUT2D eigenvalue weighted by atomic mass is 10.0. The normalized spacial score (nSPS) is 16.5. The van der Waals surface area contributed by atoms with Gasteiger partial charge in [0, 0.05) is 60.0 Å². The number of carbonyl (C=O) groups is 6. The van der Waals surface area contributed by atoms with Crippen LogP contribution in [0, 0.1) is 0 Å². The van der Waals surface area contributed by atoms with Crippen LogP contribution in [0.25, 0.3) is 21.8 Å². The van der Waals surface area contributed by atoms with E-state index in [4.69, 9.17) is 5.73 Å². The molecule has 338 valence electrons. The molecule has 7 atom stereocenters. The lowest BCUT2D eigenvalue weighted by Gasteiger charge is -2.31. The zero-order valence-corrected chi connectivity index (χ0v) is 35.9. The van der Waals surface area contributed by atoms with Gasteiger partial charge >= 0.3 is 5.97 Å². The van der Waals surface area contributed by atoms with Gasteiger partial charge in [-0.1, -0.05) is 97.1 Å². The average Bonchev–Trinajstić information content (AvgIpc) is 4.07. The summed E-state index contributed by atoms with van der Waals surface area (Å²) >= 11 is 0. The number of aliphatic carboxylic acids is 1. The second-order valence-electron chi connectivity index (χ2n) is 16.6. The first-order valence-electron chi connectivity index (χ1n) is 21.7. The summed E-state index contributed by atoms with van der Waals surface area (Å²) in [6.07, 6.45) is 2.98. The predicted molar refractivity (Wildman–Crippen MR) is 244 cm³/mol. The minimum absolute atomic E-state index is 0.00212. The Balaban J connectivity index is 1.11. The highest BCUT2D eigenvalue weighted by atomic mass is 16.4. The lowest BCUT2D eigenvalue weighted by molar-refractivity contribution is -0.145. The van der Waals surface area contributed by atoms with E-state index in [-0.39, 0.29) is 38.6 Å². The first-order valence-corrected chi connectivity index (χ1v) is 21.7. The second-order valence-corrected chi connectivity index (χ2v) is 16.6. The molecule has 1 saturated heterocycles. The Kier molecular flexibility index (Phi) is 14.7. The number of carboxylic acids is 1. The van der Waals surface area contributed by atoms with E-state index in [1.807, 2.05) is 48.5 Å². The zero-order chi connectivity index (χ0) is 46.0. The number of rotatable bonds is 19. The molecule has 5 amide bonds. The monoisotopic (exact) mass is 882 g/mol. The Morgan fingerprint density at radius 2 is 1.17 bits per heavy atom. The molecule has 0 bridgehead atoms. The number of carboxylic acid groups (broad SMARTS) is 1. The third-order valence-corrected chi connectivity index (χ3v) is 11.9. The summed E-state index contributed by atoms with van der Waals surface area (Å²) in [7, 11) is 0. The molecule has 10 N–H and O–H groups in total. The summed E-state index contributed by atoms with van der Waals surface area (Å²) in [6, 6.07) is 25.4. The van der Waals surface area contributed by atoms with Gasteiger partial charge in [0.05, 0.1) is 12.1 Å². The Morgan fingerprint density at radius 1 is 0.646 bits per heavy atom. The van der Waals surface area contributed by atoms with Gasteiger partial charge in [0.25, 0.3) is 0 Å². The number of aliphatic hydroxyl groups excluding tert-OH is 1. The molecular weight excluding hydrogens is 829 g/mol. The summed E-state index contributed by atoms with van der Waals surface area (Å²) in [5, 5.41) is 33.4. The number of nitrogens with zero attached hydrogens (tertiary/aromatic N) is 1. The van der Waals surface area contributed by atoms with E-state index < -0.39 is 77.9 Å². The van der Waals surface area contributed by atoms with Gasteiger partial charge in [0.15, 0.2) is 0 Å². The summed E-state index contributed by atoms with van der Waals surface area (Å²) < 4.78 is 0. The molecule has 16 heteroatoms. The highest BCUT2D eigenvalue weighted by molar-refractivity contribution is 5.97. The van der Waals surface area contributed by atoms with Crippen LogP contribution in [0.4, 0.5) is 0 Å². The molecule has 16 nitrogen and oxygen atoms in total. The first kappa shape index (κ1) is 45.7. The number of para-hydroxylation sites is 2. The van der Waals surface area contributed by atoms with Crippen LogP contribution in [-0.2, 0) is 54.5 Å². The fourth-order valence-electron chi connectivity index (χ4n) is 8.43. The molecule has 3 heterocycles. The van der Waals surface area contributed by atoms with E-state index in [9.17, 15) is 39.0 Å². The van der Waals surface area contributed by atoms with Crippen molar-refractivity contribution in [3.63, 3.8) is 0 Å². The largest absolute Gasteiger partial charge is 0.480 e. The third-order valence-electron chi connectivity index (χ3n) is 11.9. The smallest absolute Gasteiger partial charge is 0.326 e. The molecule has 1 aliphatic heterocycles. The first-order chi connectivity index (χ1) is 31.4. The van der Waals surface area contributed by atoms with E-state index in [1.54, 1.807) is 73.1 Å². The minimum atomic E-state index is -1.51. The van der Waals surface area contributed by atoms with Gasteiger partial charge in [0.1, 0.15) is 30.2 Å². The molecule has 65 heavy (non-hydrogen) atoms. The highest BCUT2D eigenvalue weighted by Crippen LogP contribution is 2.24. The summed E-state index contributed by atoms with van der Waals surface area (Å²) in [5.74, 6) is -4.70. The van der Waals surface area contributed by atoms with Gasteiger partial charge in [-0.05, 0) is 60.6 Å². The molecule has 1 fully saturated rings. The van der Waals surface area contributed by atoms with E-state index >= 15 is 0 Å². The molecule has 0 saturated carbocycles. The van der Waals surface area contributed by atoms with Crippen LogP contribution >= 0.6 is 0 Å². The third kappa shape index (κ3) is 11.3. The van der Waals surface area contributed by atoms with Crippen molar-refractivity contribution in [2.75, 3.05) is 6.54 Å². The van der Waals surface area contributed by atoms with Crippen molar-refractivity contribution >= 4 is 57.3 Å². The van der Waals surface area contributed by atoms with Crippen LogP contribution in [0.1, 0.15) is 42.0 Å². The van der Waals surface area contributed by atoms with Crippen LogP contribution in [0.3, 0.4) is 0 Å².